The third-order valence-electron chi connectivity index (χ3n) is 3.75. The van der Waals surface area contributed by atoms with Gasteiger partial charge < -0.3 is 14.8 Å². The van der Waals surface area contributed by atoms with Gasteiger partial charge in [-0.25, -0.2) is 0 Å². The van der Waals surface area contributed by atoms with Gasteiger partial charge in [0.2, 0.25) is 11.7 Å². The zero-order valence-electron chi connectivity index (χ0n) is 15.6. The maximum Gasteiger partial charge on any atom is 0.309 e. The number of rotatable bonds is 9. The number of amides is 1. The Morgan fingerprint density at radius 2 is 1.89 bits per heavy atom. The smallest absolute Gasteiger partial charge is 0.309 e. The average Bonchev–Trinajstić information content (AvgIpc) is 3.10. The van der Waals surface area contributed by atoms with Crippen molar-refractivity contribution in [2.24, 2.45) is 0 Å². The Morgan fingerprint density at radius 3 is 2.59 bits per heavy atom. The molecule has 2 aromatic rings. The van der Waals surface area contributed by atoms with E-state index in [-0.39, 0.29) is 24.7 Å². The van der Waals surface area contributed by atoms with Crippen molar-refractivity contribution in [1.29, 1.82) is 0 Å². The van der Waals surface area contributed by atoms with Crippen LogP contribution in [-0.4, -0.2) is 30.4 Å². The van der Waals surface area contributed by atoms with E-state index in [9.17, 15) is 14.4 Å². The number of aryl methyl sites for hydroxylation is 1. The second-order valence-corrected chi connectivity index (χ2v) is 7.20. The first kappa shape index (κ1) is 20.6. The minimum absolute atomic E-state index is 0.0597. The first-order chi connectivity index (χ1) is 12.9. The largest absolute Gasteiger partial charge is 0.493 e. The second-order valence-electron chi connectivity index (χ2n) is 6.04. The number of para-hydroxylation sites is 1. The molecule has 7 heteroatoms. The number of ether oxygens (including phenoxy) is 2. The van der Waals surface area contributed by atoms with Gasteiger partial charge in [0.15, 0.2) is 6.10 Å². The van der Waals surface area contributed by atoms with Crippen LogP contribution in [0.4, 0.5) is 0 Å². The van der Waals surface area contributed by atoms with E-state index in [4.69, 9.17) is 9.47 Å². The summed E-state index contributed by atoms with van der Waals surface area (Å²) in [5.74, 6) is -0.159. The Bertz CT molecular complexity index is 814. The lowest BCUT2D eigenvalue weighted by molar-refractivity contribution is -0.146. The second kappa shape index (κ2) is 9.87. The molecular weight excluding hydrogens is 366 g/mol. The molecule has 0 saturated heterocycles. The van der Waals surface area contributed by atoms with Crippen molar-refractivity contribution in [3.05, 3.63) is 51.7 Å². The molecule has 1 amide bonds. The van der Waals surface area contributed by atoms with Crippen molar-refractivity contribution in [1.82, 2.24) is 5.32 Å². The summed E-state index contributed by atoms with van der Waals surface area (Å²) in [6, 6.07) is 11.0. The Labute approximate surface area is 162 Å². The van der Waals surface area contributed by atoms with Crippen LogP contribution in [0.1, 0.15) is 40.4 Å². The summed E-state index contributed by atoms with van der Waals surface area (Å²) >= 11 is 1.27. The molecule has 0 aliphatic heterocycles. The highest BCUT2D eigenvalue weighted by Gasteiger charge is 2.21. The minimum Gasteiger partial charge on any atom is -0.493 e. The molecule has 0 radical (unpaired) electrons. The molecule has 0 bridgehead atoms. The van der Waals surface area contributed by atoms with Gasteiger partial charge in [-0.05, 0) is 37.6 Å². The standard InChI is InChI=1S/C20H23NO5S/c1-13-6-4-5-7-17(13)25-11-10-19(23)26-14(2)20(24)18-9-8-16(27-18)12-21-15(3)22/h4-9,14H,10-12H2,1-3H3,(H,21,22). The van der Waals surface area contributed by atoms with Crippen LogP contribution in [0.2, 0.25) is 0 Å². The van der Waals surface area contributed by atoms with Gasteiger partial charge in [-0.3, -0.25) is 14.4 Å². The summed E-state index contributed by atoms with van der Waals surface area (Å²) in [5, 5.41) is 2.68. The van der Waals surface area contributed by atoms with Gasteiger partial charge in [0.1, 0.15) is 5.75 Å². The highest BCUT2D eigenvalue weighted by atomic mass is 32.1. The highest BCUT2D eigenvalue weighted by Crippen LogP contribution is 2.19. The lowest BCUT2D eigenvalue weighted by Gasteiger charge is -2.12. The zero-order chi connectivity index (χ0) is 19.8. The molecule has 1 heterocycles. The van der Waals surface area contributed by atoms with E-state index in [2.05, 4.69) is 5.32 Å². The minimum atomic E-state index is -0.872. The van der Waals surface area contributed by atoms with Crippen LogP contribution in [0.5, 0.6) is 5.75 Å². The Balaban J connectivity index is 1.79. The van der Waals surface area contributed by atoms with Gasteiger partial charge in [-0.1, -0.05) is 18.2 Å². The molecule has 2 rings (SSSR count). The average molecular weight is 389 g/mol. The molecule has 1 aromatic heterocycles. The van der Waals surface area contributed by atoms with E-state index < -0.39 is 12.1 Å². The van der Waals surface area contributed by atoms with Crippen molar-refractivity contribution in [2.45, 2.75) is 39.8 Å². The van der Waals surface area contributed by atoms with Crippen LogP contribution in [0.15, 0.2) is 36.4 Å². The normalized spacial score (nSPS) is 11.5. The highest BCUT2D eigenvalue weighted by molar-refractivity contribution is 7.14. The molecule has 0 aliphatic carbocycles. The third kappa shape index (κ3) is 6.53. The maximum absolute atomic E-state index is 12.4. The number of hydrogen-bond acceptors (Lipinski definition) is 6. The van der Waals surface area contributed by atoms with Crippen LogP contribution < -0.4 is 10.1 Å². The van der Waals surface area contributed by atoms with Crippen LogP contribution >= 0.6 is 11.3 Å². The van der Waals surface area contributed by atoms with E-state index in [1.807, 2.05) is 31.2 Å². The number of esters is 1. The monoisotopic (exact) mass is 389 g/mol. The number of thiophene rings is 1. The molecule has 1 aromatic carbocycles. The summed E-state index contributed by atoms with van der Waals surface area (Å²) in [5.41, 5.74) is 0.988. The van der Waals surface area contributed by atoms with Gasteiger partial charge in [-0.15, -0.1) is 11.3 Å². The molecule has 144 valence electrons. The lowest BCUT2D eigenvalue weighted by atomic mass is 10.2. The van der Waals surface area contributed by atoms with Crippen LogP contribution in [0, 0.1) is 6.92 Å². The molecule has 0 saturated carbocycles. The van der Waals surface area contributed by atoms with E-state index in [1.165, 1.54) is 18.3 Å². The lowest BCUT2D eigenvalue weighted by Crippen LogP contribution is -2.24. The summed E-state index contributed by atoms with van der Waals surface area (Å²) in [4.78, 5) is 36.6. The number of carbonyl (C=O) groups excluding carboxylic acids is 3. The molecule has 1 atom stereocenters. The Kier molecular flexibility index (Phi) is 7.55. The van der Waals surface area contributed by atoms with Gasteiger partial charge >= 0.3 is 5.97 Å². The Hall–Kier alpha value is -2.67. The zero-order valence-corrected chi connectivity index (χ0v) is 16.4. The number of carbonyl (C=O) groups is 3. The SMILES string of the molecule is CC(=O)NCc1ccc(C(=O)C(C)OC(=O)CCOc2ccccc2C)s1. The summed E-state index contributed by atoms with van der Waals surface area (Å²) < 4.78 is 10.8. The van der Waals surface area contributed by atoms with Crippen molar-refractivity contribution in [3.63, 3.8) is 0 Å². The first-order valence-corrected chi connectivity index (χ1v) is 9.43. The molecule has 0 aliphatic rings. The van der Waals surface area contributed by atoms with Crippen LogP contribution in [0.25, 0.3) is 0 Å². The molecule has 0 fully saturated rings. The van der Waals surface area contributed by atoms with E-state index in [1.54, 1.807) is 19.1 Å². The summed E-state index contributed by atoms with van der Waals surface area (Å²) in [6.07, 6.45) is -0.812. The fourth-order valence-electron chi connectivity index (χ4n) is 2.29. The number of ketones is 1. The molecule has 27 heavy (non-hydrogen) atoms. The quantitative estimate of drug-likeness (QED) is 0.526. The van der Waals surface area contributed by atoms with Gasteiger partial charge in [0.05, 0.1) is 24.4 Å². The van der Waals surface area contributed by atoms with Crippen LogP contribution in [0.3, 0.4) is 0 Å². The third-order valence-corrected chi connectivity index (χ3v) is 4.85. The van der Waals surface area contributed by atoms with Gasteiger partial charge in [0, 0.05) is 11.8 Å². The predicted molar refractivity (Wildman–Crippen MR) is 103 cm³/mol. The summed E-state index contributed by atoms with van der Waals surface area (Å²) in [7, 11) is 0. The fourth-order valence-corrected chi connectivity index (χ4v) is 3.26. The van der Waals surface area contributed by atoms with E-state index >= 15 is 0 Å². The number of hydrogen-bond donors (Lipinski definition) is 1. The van der Waals surface area contributed by atoms with Crippen molar-refractivity contribution < 1.29 is 23.9 Å². The van der Waals surface area contributed by atoms with Crippen LogP contribution in [-0.2, 0) is 20.9 Å². The molecular formula is C20H23NO5S. The number of benzene rings is 1. The number of nitrogens with one attached hydrogen (secondary N) is 1. The topological polar surface area (TPSA) is 81.7 Å². The molecule has 1 unspecified atom stereocenters. The first-order valence-electron chi connectivity index (χ1n) is 8.62. The number of Topliss-reactive ketones (excluding diaryl/α,β-unsaturated/α-hetero) is 1. The summed E-state index contributed by atoms with van der Waals surface area (Å²) in [6.45, 7) is 5.47. The molecule has 0 spiro atoms. The van der Waals surface area contributed by atoms with Gasteiger partial charge in [-0.2, -0.15) is 0 Å². The van der Waals surface area contributed by atoms with E-state index in [0.717, 1.165) is 16.2 Å². The van der Waals surface area contributed by atoms with Gasteiger partial charge in [0.25, 0.3) is 0 Å². The van der Waals surface area contributed by atoms with Crippen molar-refractivity contribution >= 4 is 29.0 Å². The van der Waals surface area contributed by atoms with Crippen molar-refractivity contribution in [3.8, 4) is 5.75 Å². The Morgan fingerprint density at radius 1 is 1.15 bits per heavy atom. The van der Waals surface area contributed by atoms with Crippen molar-refractivity contribution in [2.75, 3.05) is 6.61 Å². The fraction of sp³-hybridized carbons (Fsp3) is 0.350. The molecule has 1 N–H and O–H groups in total. The predicted octanol–water partition coefficient (Wildman–Crippen LogP) is 3.28. The van der Waals surface area contributed by atoms with E-state index in [0.29, 0.717) is 11.4 Å². The molecule has 6 nitrogen and oxygen atoms in total. The maximum atomic E-state index is 12.4.